The van der Waals surface area contributed by atoms with Crippen molar-refractivity contribution < 1.29 is 13.2 Å². The van der Waals surface area contributed by atoms with E-state index in [1.54, 1.807) is 37.3 Å². The lowest BCUT2D eigenvalue weighted by atomic mass is 10.1. The maximum atomic E-state index is 12.9. The fourth-order valence-electron chi connectivity index (χ4n) is 3.03. The van der Waals surface area contributed by atoms with Gasteiger partial charge in [-0.25, -0.2) is 8.42 Å². The van der Waals surface area contributed by atoms with Crippen LogP contribution in [0.25, 0.3) is 0 Å². The number of halogens is 2. The molecule has 5 nitrogen and oxygen atoms in total. The Kier molecular flexibility index (Phi) is 6.41. The highest BCUT2D eigenvalue weighted by atomic mass is 35.5. The summed E-state index contributed by atoms with van der Waals surface area (Å²) in [5.74, 6) is -0.472. The molecule has 0 unspecified atom stereocenters. The van der Waals surface area contributed by atoms with Crippen LogP contribution in [0.3, 0.4) is 0 Å². The van der Waals surface area contributed by atoms with Gasteiger partial charge in [0.2, 0.25) is 0 Å². The minimum Gasteiger partial charge on any atom is -0.322 e. The standard InChI is InChI=1S/C22H20Cl2N2O3S/c1-13-9-14(2)11-17(10-13)26-30(28,29)21-12-16(7-8-19(21)24)22(27)25-20-6-4-5-18(23)15(20)3/h4-12,26H,1-3H3,(H,25,27). The summed E-state index contributed by atoms with van der Waals surface area (Å²) in [6.07, 6.45) is 0. The maximum absolute atomic E-state index is 12.9. The Hall–Kier alpha value is -2.54. The van der Waals surface area contributed by atoms with Gasteiger partial charge < -0.3 is 5.32 Å². The molecule has 3 rings (SSSR count). The molecule has 0 saturated heterocycles. The highest BCUT2D eigenvalue weighted by Gasteiger charge is 2.21. The number of nitrogens with one attached hydrogen (secondary N) is 2. The molecule has 3 aromatic rings. The Morgan fingerprint density at radius 1 is 0.867 bits per heavy atom. The van der Waals surface area contributed by atoms with Gasteiger partial charge in [0.05, 0.1) is 5.02 Å². The number of hydrogen-bond acceptors (Lipinski definition) is 3. The normalized spacial score (nSPS) is 11.2. The summed E-state index contributed by atoms with van der Waals surface area (Å²) in [5, 5.41) is 3.28. The first-order valence-corrected chi connectivity index (χ1v) is 11.3. The largest absolute Gasteiger partial charge is 0.322 e. The number of hydrogen-bond donors (Lipinski definition) is 2. The molecule has 3 aromatic carbocycles. The quantitative estimate of drug-likeness (QED) is 0.490. The second kappa shape index (κ2) is 8.68. The predicted molar refractivity (Wildman–Crippen MR) is 122 cm³/mol. The molecule has 0 aliphatic rings. The van der Waals surface area contributed by atoms with Gasteiger partial charge in [-0.1, -0.05) is 35.3 Å². The van der Waals surface area contributed by atoms with Gasteiger partial charge in [0.15, 0.2) is 0 Å². The molecule has 0 saturated carbocycles. The molecule has 0 atom stereocenters. The van der Waals surface area contributed by atoms with Crippen LogP contribution in [0.4, 0.5) is 11.4 Å². The Balaban J connectivity index is 1.92. The maximum Gasteiger partial charge on any atom is 0.263 e. The third-order valence-electron chi connectivity index (χ3n) is 4.47. The van der Waals surface area contributed by atoms with Crippen molar-refractivity contribution in [2.75, 3.05) is 10.0 Å². The van der Waals surface area contributed by atoms with Crippen molar-refractivity contribution in [2.24, 2.45) is 0 Å². The molecule has 0 bridgehead atoms. The first kappa shape index (κ1) is 22.2. The fourth-order valence-corrected chi connectivity index (χ4v) is 4.77. The van der Waals surface area contributed by atoms with Gasteiger partial charge in [-0.05, 0) is 79.9 Å². The topological polar surface area (TPSA) is 75.3 Å². The number of sulfonamides is 1. The van der Waals surface area contributed by atoms with Crippen LogP contribution in [-0.2, 0) is 10.0 Å². The number of rotatable bonds is 5. The van der Waals surface area contributed by atoms with E-state index in [4.69, 9.17) is 23.2 Å². The molecule has 0 fully saturated rings. The first-order valence-electron chi connectivity index (χ1n) is 9.04. The lowest BCUT2D eigenvalue weighted by molar-refractivity contribution is 0.102. The van der Waals surface area contributed by atoms with Crippen LogP contribution in [0.1, 0.15) is 27.0 Å². The zero-order valence-corrected chi connectivity index (χ0v) is 18.9. The van der Waals surface area contributed by atoms with Gasteiger partial charge in [-0.3, -0.25) is 9.52 Å². The number of carbonyl (C=O) groups excluding carboxylic acids is 1. The minimum absolute atomic E-state index is 0.0161. The molecule has 0 aliphatic carbocycles. The number of amides is 1. The second-order valence-corrected chi connectivity index (χ2v) is 9.46. The van der Waals surface area contributed by atoms with Crippen LogP contribution in [-0.4, -0.2) is 14.3 Å². The molecule has 0 aromatic heterocycles. The van der Waals surface area contributed by atoms with E-state index in [9.17, 15) is 13.2 Å². The van der Waals surface area contributed by atoms with Crippen molar-refractivity contribution in [2.45, 2.75) is 25.7 Å². The Bertz CT molecular complexity index is 1220. The minimum atomic E-state index is -4.00. The van der Waals surface area contributed by atoms with Gasteiger partial charge >= 0.3 is 0 Å². The zero-order chi connectivity index (χ0) is 22.1. The third kappa shape index (κ3) is 4.95. The number of benzene rings is 3. The molecule has 1 amide bonds. The molecule has 0 heterocycles. The monoisotopic (exact) mass is 462 g/mol. The summed E-state index contributed by atoms with van der Waals surface area (Å²) in [7, 11) is -4.00. The molecule has 30 heavy (non-hydrogen) atoms. The van der Waals surface area contributed by atoms with Crippen molar-refractivity contribution in [1.82, 2.24) is 0 Å². The van der Waals surface area contributed by atoms with E-state index in [0.29, 0.717) is 22.0 Å². The van der Waals surface area contributed by atoms with Crippen molar-refractivity contribution in [3.05, 3.63) is 86.9 Å². The zero-order valence-electron chi connectivity index (χ0n) is 16.6. The second-order valence-electron chi connectivity index (χ2n) is 6.99. The van der Waals surface area contributed by atoms with Crippen molar-refractivity contribution in [1.29, 1.82) is 0 Å². The first-order chi connectivity index (χ1) is 14.1. The van der Waals surface area contributed by atoms with Crippen LogP contribution >= 0.6 is 23.2 Å². The number of aryl methyl sites for hydroxylation is 2. The summed E-state index contributed by atoms with van der Waals surface area (Å²) in [4.78, 5) is 12.5. The van der Waals surface area contributed by atoms with E-state index in [1.165, 1.54) is 18.2 Å². The summed E-state index contributed by atoms with van der Waals surface area (Å²) < 4.78 is 28.4. The lowest BCUT2D eigenvalue weighted by Crippen LogP contribution is -2.17. The number of carbonyl (C=O) groups is 1. The molecular weight excluding hydrogens is 443 g/mol. The predicted octanol–water partition coefficient (Wildman–Crippen LogP) is 5.97. The van der Waals surface area contributed by atoms with E-state index in [1.807, 2.05) is 19.9 Å². The van der Waals surface area contributed by atoms with Gasteiger partial charge in [-0.15, -0.1) is 0 Å². The van der Waals surface area contributed by atoms with E-state index in [-0.39, 0.29) is 15.5 Å². The van der Waals surface area contributed by atoms with Crippen molar-refractivity contribution in [3.63, 3.8) is 0 Å². The number of anilines is 2. The molecule has 2 N–H and O–H groups in total. The Morgan fingerprint density at radius 3 is 2.20 bits per heavy atom. The van der Waals surface area contributed by atoms with E-state index in [0.717, 1.165) is 11.1 Å². The van der Waals surface area contributed by atoms with Gasteiger partial charge in [0, 0.05) is 22.0 Å². The highest BCUT2D eigenvalue weighted by Crippen LogP contribution is 2.27. The summed E-state index contributed by atoms with van der Waals surface area (Å²) in [6, 6.07) is 14.6. The van der Waals surface area contributed by atoms with Crippen LogP contribution in [0.2, 0.25) is 10.0 Å². The van der Waals surface area contributed by atoms with Crippen LogP contribution in [0, 0.1) is 20.8 Å². The van der Waals surface area contributed by atoms with Crippen LogP contribution in [0.15, 0.2) is 59.5 Å². The molecule has 0 aliphatic heterocycles. The van der Waals surface area contributed by atoms with Crippen molar-refractivity contribution >= 4 is 50.5 Å². The molecule has 0 spiro atoms. The van der Waals surface area contributed by atoms with Crippen LogP contribution < -0.4 is 10.0 Å². The van der Waals surface area contributed by atoms with Crippen LogP contribution in [0.5, 0.6) is 0 Å². The van der Waals surface area contributed by atoms with Gasteiger partial charge in [0.25, 0.3) is 15.9 Å². The highest BCUT2D eigenvalue weighted by molar-refractivity contribution is 7.92. The van der Waals surface area contributed by atoms with E-state index >= 15 is 0 Å². The molecular formula is C22H20Cl2N2O3S. The van der Waals surface area contributed by atoms with Gasteiger partial charge in [-0.2, -0.15) is 0 Å². The average molecular weight is 463 g/mol. The SMILES string of the molecule is Cc1cc(C)cc(NS(=O)(=O)c2cc(C(=O)Nc3cccc(Cl)c3C)ccc2Cl)c1. The average Bonchev–Trinajstić information content (AvgIpc) is 2.64. The third-order valence-corrected chi connectivity index (χ3v) is 6.75. The smallest absolute Gasteiger partial charge is 0.263 e. The summed E-state index contributed by atoms with van der Waals surface area (Å²) in [6.45, 7) is 5.53. The van der Waals surface area contributed by atoms with E-state index < -0.39 is 15.9 Å². The summed E-state index contributed by atoms with van der Waals surface area (Å²) >= 11 is 12.2. The van der Waals surface area contributed by atoms with Crippen molar-refractivity contribution in [3.8, 4) is 0 Å². The Labute approximate surface area is 186 Å². The van der Waals surface area contributed by atoms with Gasteiger partial charge in [0.1, 0.15) is 4.90 Å². The molecule has 0 radical (unpaired) electrons. The lowest BCUT2D eigenvalue weighted by Gasteiger charge is -2.13. The molecule has 8 heteroatoms. The van der Waals surface area contributed by atoms with E-state index in [2.05, 4.69) is 10.0 Å². The fraction of sp³-hybridized carbons (Fsp3) is 0.136. The molecule has 156 valence electrons. The summed E-state index contributed by atoms with van der Waals surface area (Å²) in [5.41, 5.74) is 3.67. The Morgan fingerprint density at radius 2 is 1.53 bits per heavy atom.